The molecule has 1 aliphatic rings. The lowest BCUT2D eigenvalue weighted by Crippen LogP contribution is -2.30. The van der Waals surface area contributed by atoms with Crippen molar-refractivity contribution in [1.82, 2.24) is 15.5 Å². The molecule has 17 heavy (non-hydrogen) atoms. The van der Waals surface area contributed by atoms with E-state index < -0.39 is 0 Å². The largest absolute Gasteiger partial charge is 0.378 e. The van der Waals surface area contributed by atoms with Crippen LogP contribution in [0.15, 0.2) is 0 Å². The first-order chi connectivity index (χ1) is 8.18. The van der Waals surface area contributed by atoms with E-state index in [-0.39, 0.29) is 5.91 Å². The van der Waals surface area contributed by atoms with Gasteiger partial charge in [0.1, 0.15) is 0 Å². The molecule has 1 aliphatic heterocycles. The van der Waals surface area contributed by atoms with Crippen LogP contribution in [0, 0.1) is 5.92 Å². The number of ether oxygens (including phenoxy) is 1. The summed E-state index contributed by atoms with van der Waals surface area (Å²) in [6.07, 6.45) is 1.76. The maximum atomic E-state index is 11.5. The molecule has 1 saturated heterocycles. The van der Waals surface area contributed by atoms with E-state index in [2.05, 4.69) is 15.5 Å². The molecule has 0 aromatic heterocycles. The van der Waals surface area contributed by atoms with Crippen molar-refractivity contribution >= 4 is 5.91 Å². The molecule has 0 radical (unpaired) electrons. The van der Waals surface area contributed by atoms with E-state index >= 15 is 0 Å². The van der Waals surface area contributed by atoms with Crippen LogP contribution in [0.1, 0.15) is 12.8 Å². The molecule has 0 saturated carbocycles. The number of carbonyl (C=O) groups is 1. The summed E-state index contributed by atoms with van der Waals surface area (Å²) in [5.74, 6) is 0.666. The average Bonchev–Trinajstić information content (AvgIpc) is 2.75. The van der Waals surface area contributed by atoms with Crippen LogP contribution in [-0.2, 0) is 9.53 Å². The minimum Gasteiger partial charge on any atom is -0.378 e. The number of likely N-dealkylation sites (N-methyl/N-ethyl adjacent to an activating group) is 1. The Kier molecular flexibility index (Phi) is 7.16. The number of nitrogens with one attached hydrogen (secondary N) is 2. The normalized spacial score (nSPS) is 19.8. The molecule has 1 rings (SSSR count). The molecular formula is C12H25N3O2. The van der Waals surface area contributed by atoms with Gasteiger partial charge in [-0.2, -0.15) is 0 Å². The summed E-state index contributed by atoms with van der Waals surface area (Å²) in [5, 5.41) is 6.16. The number of carbonyl (C=O) groups excluding carboxylic acids is 1. The fourth-order valence-corrected chi connectivity index (χ4v) is 1.83. The standard InChI is InChI=1S/C12H25N3O2/c1-15(2)6-8-17-7-5-14-12(16)9-11-3-4-13-10-11/h11,13H,3-10H2,1-2H3,(H,14,16). The van der Waals surface area contributed by atoms with Crippen molar-refractivity contribution in [1.29, 1.82) is 0 Å². The minimum absolute atomic E-state index is 0.148. The van der Waals surface area contributed by atoms with Crippen LogP contribution in [-0.4, -0.2) is 64.3 Å². The molecule has 0 aromatic carbocycles. The number of rotatable bonds is 8. The Balaban J connectivity index is 1.89. The first-order valence-electron chi connectivity index (χ1n) is 6.38. The lowest BCUT2D eigenvalue weighted by Gasteiger charge is -2.11. The second-order valence-corrected chi connectivity index (χ2v) is 4.83. The fraction of sp³-hybridized carbons (Fsp3) is 0.917. The van der Waals surface area contributed by atoms with Crippen LogP contribution in [0.2, 0.25) is 0 Å². The number of hydrogen-bond donors (Lipinski definition) is 2. The van der Waals surface area contributed by atoms with Crippen molar-refractivity contribution in [3.63, 3.8) is 0 Å². The van der Waals surface area contributed by atoms with E-state index in [1.807, 2.05) is 14.1 Å². The van der Waals surface area contributed by atoms with Crippen LogP contribution in [0.3, 0.4) is 0 Å². The van der Waals surface area contributed by atoms with E-state index in [1.54, 1.807) is 0 Å². The van der Waals surface area contributed by atoms with Crippen LogP contribution >= 0.6 is 0 Å². The van der Waals surface area contributed by atoms with Gasteiger partial charge < -0.3 is 20.3 Å². The zero-order valence-electron chi connectivity index (χ0n) is 11.0. The molecular weight excluding hydrogens is 218 g/mol. The summed E-state index contributed by atoms with van der Waals surface area (Å²) in [4.78, 5) is 13.6. The van der Waals surface area contributed by atoms with Crippen LogP contribution in [0.5, 0.6) is 0 Å². The highest BCUT2D eigenvalue weighted by atomic mass is 16.5. The predicted octanol–water partition coefficient (Wildman–Crippen LogP) is -0.320. The molecule has 1 atom stereocenters. The second-order valence-electron chi connectivity index (χ2n) is 4.83. The van der Waals surface area contributed by atoms with Crippen molar-refractivity contribution in [3.05, 3.63) is 0 Å². The van der Waals surface area contributed by atoms with Crippen LogP contribution in [0.4, 0.5) is 0 Å². The predicted molar refractivity (Wildman–Crippen MR) is 68.0 cm³/mol. The Hall–Kier alpha value is -0.650. The lowest BCUT2D eigenvalue weighted by molar-refractivity contribution is -0.122. The smallest absolute Gasteiger partial charge is 0.220 e. The van der Waals surface area contributed by atoms with Gasteiger partial charge in [-0.05, 0) is 39.5 Å². The van der Waals surface area contributed by atoms with Crippen molar-refractivity contribution in [2.75, 3.05) is 53.5 Å². The molecule has 1 amide bonds. The lowest BCUT2D eigenvalue weighted by atomic mass is 10.0. The van der Waals surface area contributed by atoms with Crippen molar-refractivity contribution in [2.24, 2.45) is 5.92 Å². The molecule has 5 heteroatoms. The van der Waals surface area contributed by atoms with Gasteiger partial charge in [-0.25, -0.2) is 0 Å². The maximum absolute atomic E-state index is 11.5. The Bertz CT molecular complexity index is 216. The van der Waals surface area contributed by atoms with Gasteiger partial charge in [-0.1, -0.05) is 0 Å². The summed E-state index contributed by atoms with van der Waals surface area (Å²) in [6, 6.07) is 0. The third-order valence-corrected chi connectivity index (χ3v) is 2.89. The molecule has 0 bridgehead atoms. The topological polar surface area (TPSA) is 53.6 Å². The highest BCUT2D eigenvalue weighted by Crippen LogP contribution is 2.11. The summed E-state index contributed by atoms with van der Waals surface area (Å²) in [7, 11) is 4.03. The zero-order valence-corrected chi connectivity index (χ0v) is 11.0. The minimum atomic E-state index is 0.148. The summed E-state index contributed by atoms with van der Waals surface area (Å²) >= 11 is 0. The van der Waals surface area contributed by atoms with Gasteiger partial charge in [0.25, 0.3) is 0 Å². The van der Waals surface area contributed by atoms with E-state index in [0.29, 0.717) is 25.5 Å². The van der Waals surface area contributed by atoms with E-state index in [0.717, 1.165) is 32.7 Å². The Morgan fingerprint density at radius 2 is 2.29 bits per heavy atom. The number of amides is 1. The first kappa shape index (κ1) is 14.4. The zero-order chi connectivity index (χ0) is 12.5. The molecule has 1 heterocycles. The third kappa shape index (κ3) is 7.31. The van der Waals surface area contributed by atoms with Gasteiger partial charge in [-0.3, -0.25) is 4.79 Å². The van der Waals surface area contributed by atoms with Gasteiger partial charge in [-0.15, -0.1) is 0 Å². The molecule has 2 N–H and O–H groups in total. The monoisotopic (exact) mass is 243 g/mol. The van der Waals surface area contributed by atoms with Crippen LogP contribution < -0.4 is 10.6 Å². The van der Waals surface area contributed by atoms with Gasteiger partial charge in [0.2, 0.25) is 5.91 Å². The van der Waals surface area contributed by atoms with Gasteiger partial charge in [0.05, 0.1) is 13.2 Å². The van der Waals surface area contributed by atoms with Crippen molar-refractivity contribution in [3.8, 4) is 0 Å². The van der Waals surface area contributed by atoms with E-state index in [4.69, 9.17) is 4.74 Å². The maximum Gasteiger partial charge on any atom is 0.220 e. The Labute approximate surface area is 104 Å². The fourth-order valence-electron chi connectivity index (χ4n) is 1.83. The summed E-state index contributed by atoms with van der Waals surface area (Å²) in [5.41, 5.74) is 0. The third-order valence-electron chi connectivity index (χ3n) is 2.89. The Morgan fingerprint density at radius 1 is 1.47 bits per heavy atom. The Morgan fingerprint density at radius 3 is 2.94 bits per heavy atom. The number of nitrogens with zero attached hydrogens (tertiary/aromatic N) is 1. The molecule has 1 fully saturated rings. The highest BCUT2D eigenvalue weighted by Gasteiger charge is 2.17. The summed E-state index contributed by atoms with van der Waals surface area (Å²) in [6.45, 7) is 4.88. The quantitative estimate of drug-likeness (QED) is 0.574. The van der Waals surface area contributed by atoms with Crippen molar-refractivity contribution < 1.29 is 9.53 Å². The molecule has 100 valence electrons. The van der Waals surface area contributed by atoms with Crippen LogP contribution in [0.25, 0.3) is 0 Å². The van der Waals surface area contributed by atoms with Crippen molar-refractivity contribution in [2.45, 2.75) is 12.8 Å². The van der Waals surface area contributed by atoms with Gasteiger partial charge in [0.15, 0.2) is 0 Å². The molecule has 1 unspecified atom stereocenters. The summed E-state index contributed by atoms with van der Waals surface area (Å²) < 4.78 is 5.40. The molecule has 5 nitrogen and oxygen atoms in total. The molecule has 0 aliphatic carbocycles. The van der Waals surface area contributed by atoms with Gasteiger partial charge in [0, 0.05) is 19.5 Å². The van der Waals surface area contributed by atoms with Gasteiger partial charge >= 0.3 is 0 Å². The molecule has 0 aromatic rings. The molecule has 0 spiro atoms. The highest BCUT2D eigenvalue weighted by molar-refractivity contribution is 5.76. The average molecular weight is 243 g/mol. The number of hydrogen-bond acceptors (Lipinski definition) is 4. The first-order valence-corrected chi connectivity index (χ1v) is 6.38. The van der Waals surface area contributed by atoms with E-state index in [1.165, 1.54) is 0 Å². The second kappa shape index (κ2) is 8.44. The SMILES string of the molecule is CN(C)CCOCCNC(=O)CC1CCNC1. The van der Waals surface area contributed by atoms with E-state index in [9.17, 15) is 4.79 Å².